The number of halogens is 3. The molecule has 6 nitrogen and oxygen atoms in total. The van der Waals surface area contributed by atoms with Gasteiger partial charge in [0.2, 0.25) is 0 Å². The van der Waals surface area contributed by atoms with Crippen molar-refractivity contribution in [3.05, 3.63) is 114 Å². The number of anilines is 2. The Balaban J connectivity index is 1.25. The third kappa shape index (κ3) is 5.52. The van der Waals surface area contributed by atoms with Crippen molar-refractivity contribution in [2.45, 2.75) is 31.9 Å². The number of rotatable bonds is 7. The smallest absolute Gasteiger partial charge is 0.370 e. The predicted molar refractivity (Wildman–Crippen MR) is 138 cm³/mol. The number of pyridine rings is 1. The molecule has 1 aliphatic heterocycles. The van der Waals surface area contributed by atoms with Crippen molar-refractivity contribution < 1.29 is 18.3 Å². The molecule has 2 atom stereocenters. The summed E-state index contributed by atoms with van der Waals surface area (Å²) in [4.78, 5) is 4.51. The van der Waals surface area contributed by atoms with E-state index in [9.17, 15) is 18.3 Å². The molecule has 0 saturated heterocycles. The average Bonchev–Trinajstić information content (AvgIpc) is 3.38. The molecule has 0 radical (unpaired) electrons. The number of hydrogen-bond acceptors (Lipinski definition) is 5. The van der Waals surface area contributed by atoms with Crippen molar-refractivity contribution in [2.24, 2.45) is 0 Å². The van der Waals surface area contributed by atoms with Gasteiger partial charge in [-0.2, -0.15) is 13.2 Å². The molecule has 0 bridgehead atoms. The first-order valence-corrected chi connectivity index (χ1v) is 11.8. The lowest BCUT2D eigenvalue weighted by Gasteiger charge is -2.17. The number of fused-ring (bicyclic) bond motifs is 1. The zero-order valence-electron chi connectivity index (χ0n) is 20.0. The highest BCUT2D eigenvalue weighted by atomic mass is 19.4. The van der Waals surface area contributed by atoms with Crippen LogP contribution in [0.1, 0.15) is 35.3 Å². The van der Waals surface area contributed by atoms with Gasteiger partial charge in [0, 0.05) is 36.2 Å². The third-order valence-electron chi connectivity index (χ3n) is 6.30. The van der Waals surface area contributed by atoms with Crippen molar-refractivity contribution in [1.29, 1.82) is 0 Å². The van der Waals surface area contributed by atoms with Gasteiger partial charge in [-0.25, -0.2) is 4.98 Å². The molecule has 190 valence electrons. The summed E-state index contributed by atoms with van der Waals surface area (Å²) in [6.07, 6.45) is 3.92. The Hall–Kier alpha value is -4.08. The summed E-state index contributed by atoms with van der Waals surface area (Å²) in [5.74, 6) is 0. The largest absolute Gasteiger partial charge is 0.416 e. The molecule has 4 aromatic rings. The number of nitrogens with one attached hydrogen (secondary N) is 3. The van der Waals surface area contributed by atoms with Crippen molar-refractivity contribution in [3.8, 4) is 0 Å². The summed E-state index contributed by atoms with van der Waals surface area (Å²) >= 11 is 0. The van der Waals surface area contributed by atoms with Crippen molar-refractivity contribution in [2.75, 3.05) is 5.32 Å². The summed E-state index contributed by atoms with van der Waals surface area (Å²) in [6, 6.07) is 17.1. The SMILES string of the molecule is CC(NCc1ccc(C(F)(F)F)cc1)c1ccc(Nc2ccc(C3=CC(O)NC=C3)n3ccnc23)cc1. The van der Waals surface area contributed by atoms with E-state index in [0.29, 0.717) is 6.54 Å². The Labute approximate surface area is 212 Å². The Kier molecular flexibility index (Phi) is 6.73. The van der Waals surface area contributed by atoms with Gasteiger partial charge in [0.15, 0.2) is 5.65 Å². The molecule has 0 amide bonds. The molecule has 37 heavy (non-hydrogen) atoms. The normalized spacial score (nSPS) is 16.4. The molecule has 0 fully saturated rings. The first-order chi connectivity index (χ1) is 17.8. The molecule has 0 spiro atoms. The van der Waals surface area contributed by atoms with Gasteiger partial charge in [-0.05, 0) is 72.8 Å². The minimum atomic E-state index is -4.33. The van der Waals surface area contributed by atoms with Gasteiger partial charge in [0.05, 0.1) is 16.9 Å². The molecule has 5 rings (SSSR count). The quantitative estimate of drug-likeness (QED) is 0.257. The van der Waals surface area contributed by atoms with E-state index in [1.54, 1.807) is 18.5 Å². The van der Waals surface area contributed by atoms with Crippen LogP contribution in [0, 0.1) is 0 Å². The maximum atomic E-state index is 12.8. The van der Waals surface area contributed by atoms with Gasteiger partial charge >= 0.3 is 6.18 Å². The number of alkyl halides is 3. The van der Waals surface area contributed by atoms with Crippen molar-refractivity contribution in [3.63, 3.8) is 0 Å². The summed E-state index contributed by atoms with van der Waals surface area (Å²) in [6.45, 7) is 2.47. The van der Waals surface area contributed by atoms with Crippen LogP contribution in [-0.2, 0) is 12.7 Å². The third-order valence-corrected chi connectivity index (χ3v) is 6.30. The first-order valence-electron chi connectivity index (χ1n) is 11.8. The average molecular weight is 506 g/mol. The van der Waals surface area contributed by atoms with E-state index in [0.717, 1.165) is 51.5 Å². The second-order valence-electron chi connectivity index (χ2n) is 8.86. The summed E-state index contributed by atoms with van der Waals surface area (Å²) in [5.41, 5.74) is 5.50. The minimum absolute atomic E-state index is 0.0105. The fourth-order valence-electron chi connectivity index (χ4n) is 4.24. The zero-order chi connectivity index (χ0) is 26.0. The summed E-state index contributed by atoms with van der Waals surface area (Å²) < 4.78 is 40.2. The first kappa shape index (κ1) is 24.6. The predicted octanol–water partition coefficient (Wildman–Crippen LogP) is 5.77. The van der Waals surface area contributed by atoms with Crippen LogP contribution in [-0.4, -0.2) is 20.7 Å². The molecular weight excluding hydrogens is 479 g/mol. The maximum Gasteiger partial charge on any atom is 0.416 e. The van der Waals surface area contributed by atoms with E-state index >= 15 is 0 Å². The number of allylic oxidation sites excluding steroid dienone is 2. The van der Waals surface area contributed by atoms with Crippen LogP contribution in [0.4, 0.5) is 24.5 Å². The molecule has 1 aliphatic rings. The van der Waals surface area contributed by atoms with Crippen LogP contribution in [0.2, 0.25) is 0 Å². The fourth-order valence-corrected chi connectivity index (χ4v) is 4.24. The topological polar surface area (TPSA) is 73.6 Å². The summed E-state index contributed by atoms with van der Waals surface area (Å²) in [5, 5.41) is 19.5. The molecular formula is C28H26F3N5O. The Morgan fingerprint density at radius 3 is 2.51 bits per heavy atom. The van der Waals surface area contributed by atoms with Crippen molar-refractivity contribution >= 4 is 22.6 Å². The van der Waals surface area contributed by atoms with Crippen LogP contribution in [0.3, 0.4) is 0 Å². The van der Waals surface area contributed by atoms with Gasteiger partial charge < -0.3 is 21.1 Å². The number of aromatic nitrogens is 2. The lowest BCUT2D eigenvalue weighted by Crippen LogP contribution is -2.23. The van der Waals surface area contributed by atoms with Gasteiger partial charge in [0.1, 0.15) is 6.23 Å². The van der Waals surface area contributed by atoms with Gasteiger partial charge in [0.25, 0.3) is 0 Å². The standard InChI is InChI=1S/C28H26F3N5O/c1-18(34-17-19-2-6-22(7-3-19)28(29,30)31)20-4-8-23(9-5-20)35-24-10-11-25(36-15-14-33-27(24)36)21-12-13-32-26(37)16-21/h2-16,18,26,32,34-35,37H,17H2,1H3. The number of nitrogens with zero attached hydrogens (tertiary/aromatic N) is 2. The van der Waals surface area contributed by atoms with Crippen LogP contribution < -0.4 is 16.0 Å². The van der Waals surface area contributed by atoms with E-state index in [4.69, 9.17) is 0 Å². The van der Waals surface area contributed by atoms with E-state index in [2.05, 4.69) is 20.9 Å². The lowest BCUT2D eigenvalue weighted by molar-refractivity contribution is -0.137. The Morgan fingerprint density at radius 2 is 1.81 bits per heavy atom. The lowest BCUT2D eigenvalue weighted by atomic mass is 10.1. The van der Waals surface area contributed by atoms with E-state index < -0.39 is 18.0 Å². The molecule has 9 heteroatoms. The Bertz CT molecular complexity index is 1440. The van der Waals surface area contributed by atoms with E-state index in [1.807, 2.05) is 60.0 Å². The van der Waals surface area contributed by atoms with Gasteiger partial charge in [-0.15, -0.1) is 0 Å². The number of imidazole rings is 1. The minimum Gasteiger partial charge on any atom is -0.370 e. The van der Waals surface area contributed by atoms with Crippen LogP contribution in [0.5, 0.6) is 0 Å². The van der Waals surface area contributed by atoms with Crippen LogP contribution >= 0.6 is 0 Å². The maximum absolute atomic E-state index is 12.8. The highest BCUT2D eigenvalue weighted by molar-refractivity contribution is 5.80. The second kappa shape index (κ2) is 10.1. The monoisotopic (exact) mass is 505 g/mol. The molecule has 0 aliphatic carbocycles. The molecule has 3 heterocycles. The fraction of sp³-hybridized carbons (Fsp3) is 0.179. The molecule has 2 aromatic carbocycles. The van der Waals surface area contributed by atoms with Crippen molar-refractivity contribution in [1.82, 2.24) is 20.0 Å². The highest BCUT2D eigenvalue weighted by Gasteiger charge is 2.29. The Morgan fingerprint density at radius 1 is 1.05 bits per heavy atom. The van der Waals surface area contributed by atoms with Crippen LogP contribution in [0.25, 0.3) is 11.2 Å². The van der Waals surface area contributed by atoms with E-state index in [1.165, 1.54) is 12.1 Å². The summed E-state index contributed by atoms with van der Waals surface area (Å²) in [7, 11) is 0. The van der Waals surface area contributed by atoms with E-state index in [-0.39, 0.29) is 6.04 Å². The second-order valence-corrected chi connectivity index (χ2v) is 8.86. The highest BCUT2D eigenvalue weighted by Crippen LogP contribution is 2.30. The van der Waals surface area contributed by atoms with Gasteiger partial charge in [-0.1, -0.05) is 24.3 Å². The number of benzene rings is 2. The number of dihydropyridines is 1. The number of aliphatic hydroxyl groups excluding tert-OH is 1. The number of hydrogen-bond donors (Lipinski definition) is 4. The van der Waals surface area contributed by atoms with Crippen LogP contribution in [0.15, 0.2) is 91.4 Å². The molecule has 4 N–H and O–H groups in total. The molecule has 0 saturated carbocycles. The van der Waals surface area contributed by atoms with Gasteiger partial charge in [-0.3, -0.25) is 4.40 Å². The molecule has 2 unspecified atom stereocenters. The number of aliphatic hydroxyl groups is 1. The molecule has 2 aromatic heterocycles. The zero-order valence-corrected chi connectivity index (χ0v) is 20.0.